The maximum absolute atomic E-state index is 12.7. The van der Waals surface area contributed by atoms with E-state index in [4.69, 9.17) is 0 Å². The number of aromatic nitrogens is 2. The summed E-state index contributed by atoms with van der Waals surface area (Å²) in [5, 5.41) is 5.15. The van der Waals surface area contributed by atoms with Crippen molar-refractivity contribution >= 4 is 33.8 Å². The fourth-order valence-electron chi connectivity index (χ4n) is 3.31. The molecule has 0 aliphatic carbocycles. The number of carbonyl (C=O) groups excluding carboxylic acids is 1. The molecule has 0 bridgehead atoms. The lowest BCUT2D eigenvalue weighted by Crippen LogP contribution is -2.35. The number of amides is 1. The van der Waals surface area contributed by atoms with Crippen molar-refractivity contribution in [3.05, 3.63) is 52.6 Å². The number of hydrogen-bond donors (Lipinski definition) is 0. The van der Waals surface area contributed by atoms with Crippen LogP contribution in [-0.2, 0) is 0 Å². The lowest BCUT2D eigenvalue weighted by atomic mass is 10.1. The van der Waals surface area contributed by atoms with Crippen LogP contribution < -0.4 is 4.90 Å². The zero-order valence-corrected chi connectivity index (χ0v) is 15.0. The molecule has 1 amide bonds. The van der Waals surface area contributed by atoms with Crippen molar-refractivity contribution in [1.29, 1.82) is 0 Å². The van der Waals surface area contributed by atoms with Crippen LogP contribution in [0.25, 0.3) is 10.8 Å². The molecular formula is C19H20N4OS. The monoisotopic (exact) mass is 352 g/mol. The minimum atomic E-state index is 0.0390. The zero-order valence-electron chi connectivity index (χ0n) is 14.2. The number of hydrogen-bond acceptors (Lipinski definition) is 5. The largest absolute Gasteiger partial charge is 0.354 e. The summed E-state index contributed by atoms with van der Waals surface area (Å²) in [6, 6.07) is 10.4. The van der Waals surface area contributed by atoms with Gasteiger partial charge in [0.25, 0.3) is 5.91 Å². The second-order valence-electron chi connectivity index (χ2n) is 6.24. The van der Waals surface area contributed by atoms with Gasteiger partial charge in [-0.2, -0.15) is 0 Å². The standard InChI is InChI=1S/C19H20N4OS/c1-14-21-17(13-25-14)19(24)23-10-4-9-22(11-12-23)18-16-6-3-2-5-15(16)7-8-20-18/h2-3,5-8,13H,4,9-12H2,1H3. The lowest BCUT2D eigenvalue weighted by molar-refractivity contribution is 0.0762. The summed E-state index contributed by atoms with van der Waals surface area (Å²) in [5.41, 5.74) is 0.569. The van der Waals surface area contributed by atoms with E-state index in [1.807, 2.05) is 41.6 Å². The topological polar surface area (TPSA) is 49.3 Å². The molecule has 5 nitrogen and oxygen atoms in total. The second kappa shape index (κ2) is 6.80. The van der Waals surface area contributed by atoms with E-state index in [0.29, 0.717) is 12.2 Å². The first kappa shape index (κ1) is 16.0. The molecule has 3 aromatic rings. The van der Waals surface area contributed by atoms with Crippen LogP contribution >= 0.6 is 11.3 Å². The van der Waals surface area contributed by atoms with Crippen molar-refractivity contribution in [2.24, 2.45) is 0 Å². The molecule has 3 heterocycles. The predicted octanol–water partition coefficient (Wildman–Crippen LogP) is 3.35. The van der Waals surface area contributed by atoms with Crippen LogP contribution in [0.15, 0.2) is 41.9 Å². The molecule has 0 atom stereocenters. The Morgan fingerprint density at radius 2 is 2.00 bits per heavy atom. The average Bonchev–Trinajstić information content (AvgIpc) is 2.93. The third-order valence-corrected chi connectivity index (χ3v) is 5.35. The first-order chi connectivity index (χ1) is 12.2. The Bertz CT molecular complexity index is 902. The van der Waals surface area contributed by atoms with Crippen LogP contribution in [0, 0.1) is 6.92 Å². The summed E-state index contributed by atoms with van der Waals surface area (Å²) in [4.78, 5) is 25.8. The summed E-state index contributed by atoms with van der Waals surface area (Å²) in [6.07, 6.45) is 2.79. The molecule has 6 heteroatoms. The second-order valence-corrected chi connectivity index (χ2v) is 7.30. The molecule has 0 radical (unpaired) electrons. The number of anilines is 1. The minimum absolute atomic E-state index is 0.0390. The number of benzene rings is 1. The van der Waals surface area contributed by atoms with Crippen molar-refractivity contribution in [2.75, 3.05) is 31.1 Å². The van der Waals surface area contributed by atoms with E-state index in [-0.39, 0.29) is 5.91 Å². The van der Waals surface area contributed by atoms with E-state index < -0.39 is 0 Å². The Labute approximate surface area is 150 Å². The molecule has 25 heavy (non-hydrogen) atoms. The smallest absolute Gasteiger partial charge is 0.273 e. The molecule has 0 unspecified atom stereocenters. The number of pyridine rings is 1. The summed E-state index contributed by atoms with van der Waals surface area (Å²) in [7, 11) is 0. The van der Waals surface area contributed by atoms with Crippen LogP contribution in [0.4, 0.5) is 5.82 Å². The molecule has 1 aliphatic heterocycles. The SMILES string of the molecule is Cc1nc(C(=O)N2CCCN(c3nccc4ccccc34)CC2)cs1. The van der Waals surface area contributed by atoms with Gasteiger partial charge in [-0.3, -0.25) is 4.79 Å². The Morgan fingerprint density at radius 1 is 1.12 bits per heavy atom. The highest BCUT2D eigenvalue weighted by molar-refractivity contribution is 7.09. The minimum Gasteiger partial charge on any atom is -0.354 e. The summed E-state index contributed by atoms with van der Waals surface area (Å²) in [5.74, 6) is 1.05. The van der Waals surface area contributed by atoms with Crippen LogP contribution in [0.3, 0.4) is 0 Å². The Morgan fingerprint density at radius 3 is 2.84 bits per heavy atom. The number of fused-ring (bicyclic) bond motifs is 1. The first-order valence-corrected chi connectivity index (χ1v) is 9.40. The maximum Gasteiger partial charge on any atom is 0.273 e. The van der Waals surface area contributed by atoms with Gasteiger partial charge in [0.2, 0.25) is 0 Å². The van der Waals surface area contributed by atoms with Crippen LogP contribution in [0.1, 0.15) is 21.9 Å². The van der Waals surface area contributed by atoms with Gasteiger partial charge in [-0.15, -0.1) is 11.3 Å². The molecule has 128 valence electrons. The van der Waals surface area contributed by atoms with E-state index in [1.54, 1.807) is 0 Å². The molecule has 4 rings (SSSR count). The fourth-order valence-corrected chi connectivity index (χ4v) is 3.90. The number of aryl methyl sites for hydroxylation is 1. The highest BCUT2D eigenvalue weighted by Gasteiger charge is 2.23. The highest BCUT2D eigenvalue weighted by Crippen LogP contribution is 2.25. The number of nitrogens with zero attached hydrogens (tertiary/aromatic N) is 4. The van der Waals surface area contributed by atoms with Gasteiger partial charge in [-0.25, -0.2) is 9.97 Å². The summed E-state index contributed by atoms with van der Waals surface area (Å²) < 4.78 is 0. The summed E-state index contributed by atoms with van der Waals surface area (Å²) in [6.45, 7) is 5.07. The molecule has 0 saturated carbocycles. The van der Waals surface area contributed by atoms with Gasteiger partial charge < -0.3 is 9.80 Å². The van der Waals surface area contributed by atoms with E-state index in [1.165, 1.54) is 22.1 Å². The van der Waals surface area contributed by atoms with E-state index in [2.05, 4.69) is 27.0 Å². The molecule has 0 N–H and O–H groups in total. The van der Waals surface area contributed by atoms with Crippen LogP contribution in [-0.4, -0.2) is 47.0 Å². The van der Waals surface area contributed by atoms with Gasteiger partial charge >= 0.3 is 0 Å². The van der Waals surface area contributed by atoms with E-state index >= 15 is 0 Å². The third kappa shape index (κ3) is 3.22. The van der Waals surface area contributed by atoms with Gasteiger partial charge in [0, 0.05) is 43.1 Å². The number of rotatable bonds is 2. The number of thiazole rings is 1. The molecule has 1 fully saturated rings. The summed E-state index contributed by atoms with van der Waals surface area (Å²) >= 11 is 1.52. The van der Waals surface area contributed by atoms with Gasteiger partial charge in [-0.05, 0) is 24.8 Å². The van der Waals surface area contributed by atoms with E-state index in [9.17, 15) is 4.79 Å². The van der Waals surface area contributed by atoms with Gasteiger partial charge in [0.1, 0.15) is 11.5 Å². The molecule has 1 aromatic carbocycles. The predicted molar refractivity (Wildman–Crippen MR) is 101 cm³/mol. The van der Waals surface area contributed by atoms with Crippen molar-refractivity contribution in [2.45, 2.75) is 13.3 Å². The van der Waals surface area contributed by atoms with Crippen LogP contribution in [0.2, 0.25) is 0 Å². The lowest BCUT2D eigenvalue weighted by Gasteiger charge is -2.23. The molecule has 1 aliphatic rings. The zero-order chi connectivity index (χ0) is 17.2. The quantitative estimate of drug-likeness (QED) is 0.710. The fraction of sp³-hybridized carbons (Fsp3) is 0.316. The molecule has 0 spiro atoms. The first-order valence-electron chi connectivity index (χ1n) is 8.52. The highest BCUT2D eigenvalue weighted by atomic mass is 32.1. The van der Waals surface area contributed by atoms with Crippen molar-refractivity contribution in [1.82, 2.24) is 14.9 Å². The van der Waals surface area contributed by atoms with Gasteiger partial charge in [0.05, 0.1) is 5.01 Å². The number of carbonyl (C=O) groups is 1. The molecule has 2 aromatic heterocycles. The third-order valence-electron chi connectivity index (χ3n) is 4.57. The van der Waals surface area contributed by atoms with Crippen molar-refractivity contribution in [3.63, 3.8) is 0 Å². The Balaban J connectivity index is 1.54. The van der Waals surface area contributed by atoms with Crippen molar-refractivity contribution < 1.29 is 4.79 Å². The average molecular weight is 352 g/mol. The van der Waals surface area contributed by atoms with Gasteiger partial charge in [-0.1, -0.05) is 24.3 Å². The Kier molecular flexibility index (Phi) is 4.36. The molecule has 1 saturated heterocycles. The Hall–Kier alpha value is -2.47. The normalized spacial score (nSPS) is 15.4. The molecular weight excluding hydrogens is 332 g/mol. The van der Waals surface area contributed by atoms with Gasteiger partial charge in [0.15, 0.2) is 0 Å². The van der Waals surface area contributed by atoms with Crippen LogP contribution in [0.5, 0.6) is 0 Å². The maximum atomic E-state index is 12.7. The van der Waals surface area contributed by atoms with Crippen molar-refractivity contribution in [3.8, 4) is 0 Å². The van der Waals surface area contributed by atoms with E-state index in [0.717, 1.165) is 36.9 Å².